The van der Waals surface area contributed by atoms with Gasteiger partial charge in [0.05, 0.1) is 4.90 Å². The van der Waals surface area contributed by atoms with Crippen molar-refractivity contribution in [3.63, 3.8) is 0 Å². The largest absolute Gasteiger partial charge is 0.312 e. The number of hydrogen-bond donors (Lipinski definition) is 1. The number of piperidine rings is 1. The van der Waals surface area contributed by atoms with Crippen LogP contribution in [0.3, 0.4) is 0 Å². The van der Waals surface area contributed by atoms with Gasteiger partial charge >= 0.3 is 0 Å². The number of fused-ring (bicyclic) bond motifs is 1. The summed E-state index contributed by atoms with van der Waals surface area (Å²) >= 11 is 0. The lowest BCUT2D eigenvalue weighted by molar-refractivity contribution is 0.213. The van der Waals surface area contributed by atoms with Crippen LogP contribution in [0.25, 0.3) is 16.8 Å². The molecule has 0 atom stereocenters. The first kappa shape index (κ1) is 25.5. The van der Waals surface area contributed by atoms with E-state index in [1.165, 1.54) is 30.4 Å². The first-order chi connectivity index (χ1) is 17.1. The molecule has 1 aliphatic rings. The summed E-state index contributed by atoms with van der Waals surface area (Å²) in [7, 11) is -3.65. The first-order valence-corrected chi connectivity index (χ1v) is 14.0. The smallest absolute Gasteiger partial charge is 0.243 e. The number of likely N-dealkylation sites (tertiary alicyclic amines) is 1. The number of benzene rings is 2. The van der Waals surface area contributed by atoms with Crippen molar-refractivity contribution in [2.24, 2.45) is 0 Å². The summed E-state index contributed by atoms with van der Waals surface area (Å²) in [5.41, 5.74) is 2.44. The second kappa shape index (κ2) is 12.4. The summed E-state index contributed by atoms with van der Waals surface area (Å²) in [6, 6.07) is 15.5. The number of aryl methyl sites for hydroxylation is 1. The molecule has 1 saturated heterocycles. The maximum absolute atomic E-state index is 13.8. The Kier molecular flexibility index (Phi) is 9.04. The zero-order valence-electron chi connectivity index (χ0n) is 20.6. The summed E-state index contributed by atoms with van der Waals surface area (Å²) < 4.78 is 29.3. The van der Waals surface area contributed by atoms with E-state index in [0.29, 0.717) is 31.1 Å². The molecular formula is C28H36N4O2S. The Morgan fingerprint density at radius 1 is 1.03 bits per heavy atom. The summed E-state index contributed by atoms with van der Waals surface area (Å²) in [5.74, 6) is 0. The Bertz CT molecular complexity index is 1230. The van der Waals surface area contributed by atoms with Gasteiger partial charge in [0.1, 0.15) is 0 Å². The van der Waals surface area contributed by atoms with Crippen LogP contribution in [-0.2, 0) is 10.0 Å². The van der Waals surface area contributed by atoms with Crippen molar-refractivity contribution in [2.75, 3.05) is 45.8 Å². The van der Waals surface area contributed by atoms with Crippen molar-refractivity contribution in [3.05, 3.63) is 78.1 Å². The molecule has 2 heterocycles. The number of rotatable bonds is 11. The van der Waals surface area contributed by atoms with Crippen LogP contribution in [0, 0.1) is 6.92 Å². The van der Waals surface area contributed by atoms with Gasteiger partial charge in [-0.2, -0.15) is 4.31 Å². The number of sulfonamides is 1. The minimum absolute atomic E-state index is 0.357. The van der Waals surface area contributed by atoms with E-state index in [1.54, 1.807) is 34.9 Å². The van der Waals surface area contributed by atoms with Gasteiger partial charge in [-0.05, 0) is 56.1 Å². The summed E-state index contributed by atoms with van der Waals surface area (Å²) in [4.78, 5) is 6.90. The summed E-state index contributed by atoms with van der Waals surface area (Å²) in [6.07, 6.45) is 11.2. The van der Waals surface area contributed by atoms with Gasteiger partial charge in [0, 0.05) is 55.9 Å². The lowest BCUT2D eigenvalue weighted by Gasteiger charge is -2.30. The van der Waals surface area contributed by atoms with Crippen LogP contribution in [0.2, 0.25) is 0 Å². The van der Waals surface area contributed by atoms with E-state index >= 15 is 0 Å². The van der Waals surface area contributed by atoms with Gasteiger partial charge in [0.25, 0.3) is 0 Å². The molecule has 0 aliphatic carbocycles. The SMILES string of the molecule is Cc1ccccc1/C=C/CNCCN(CCN1CCCCC1)S(=O)(=O)c1cccc2cnccc12. The number of nitrogens with zero attached hydrogens (tertiary/aromatic N) is 3. The number of pyridine rings is 1. The topological polar surface area (TPSA) is 65.5 Å². The van der Waals surface area contributed by atoms with Crippen molar-refractivity contribution >= 4 is 26.9 Å². The van der Waals surface area contributed by atoms with Gasteiger partial charge in [-0.25, -0.2) is 8.42 Å². The molecule has 6 nitrogen and oxygen atoms in total. The fourth-order valence-electron chi connectivity index (χ4n) is 4.59. The Balaban J connectivity index is 1.43. The van der Waals surface area contributed by atoms with Crippen LogP contribution < -0.4 is 5.32 Å². The average molecular weight is 493 g/mol. The van der Waals surface area contributed by atoms with Crippen molar-refractivity contribution in [1.82, 2.24) is 19.5 Å². The fraction of sp³-hybridized carbons (Fsp3) is 0.393. The molecule has 7 heteroatoms. The highest BCUT2D eigenvalue weighted by molar-refractivity contribution is 7.89. The zero-order valence-corrected chi connectivity index (χ0v) is 21.4. The van der Waals surface area contributed by atoms with E-state index in [0.717, 1.165) is 30.4 Å². The van der Waals surface area contributed by atoms with E-state index < -0.39 is 10.0 Å². The zero-order chi connectivity index (χ0) is 24.5. The molecule has 1 aliphatic heterocycles. The van der Waals surface area contributed by atoms with Gasteiger partial charge in [-0.15, -0.1) is 0 Å². The molecule has 0 spiro atoms. The number of nitrogens with one attached hydrogen (secondary N) is 1. The molecule has 0 bridgehead atoms. The molecule has 0 radical (unpaired) electrons. The minimum Gasteiger partial charge on any atom is -0.312 e. The standard InChI is InChI=1S/C28H36N4O2S/c1-24-9-3-4-10-25(24)12-8-15-29-17-20-32(22-21-31-18-5-2-6-19-31)35(33,34)28-13-7-11-26-23-30-16-14-27(26)28/h3-4,7-14,16,23,29H,2,5-6,15,17-22H2,1H3/b12-8+. The second-order valence-corrected chi connectivity index (χ2v) is 11.0. The molecule has 3 aromatic rings. The van der Waals surface area contributed by atoms with Gasteiger partial charge in [0.2, 0.25) is 10.0 Å². The maximum atomic E-state index is 13.8. The van der Waals surface area contributed by atoms with E-state index in [1.807, 2.05) is 18.2 Å². The third kappa shape index (κ3) is 6.76. The minimum atomic E-state index is -3.65. The highest BCUT2D eigenvalue weighted by Crippen LogP contribution is 2.25. The Morgan fingerprint density at radius 2 is 1.86 bits per heavy atom. The first-order valence-electron chi connectivity index (χ1n) is 12.5. The molecule has 0 unspecified atom stereocenters. The van der Waals surface area contributed by atoms with Gasteiger partial charge in [-0.1, -0.05) is 55.0 Å². The molecule has 35 heavy (non-hydrogen) atoms. The highest BCUT2D eigenvalue weighted by atomic mass is 32.2. The third-order valence-corrected chi connectivity index (χ3v) is 8.62. The van der Waals surface area contributed by atoms with Crippen molar-refractivity contribution in [1.29, 1.82) is 0 Å². The highest BCUT2D eigenvalue weighted by Gasteiger charge is 2.26. The average Bonchev–Trinajstić information content (AvgIpc) is 2.88. The molecule has 1 N–H and O–H groups in total. The molecule has 1 aromatic heterocycles. The fourth-order valence-corrected chi connectivity index (χ4v) is 6.24. The lowest BCUT2D eigenvalue weighted by atomic mass is 10.1. The number of aromatic nitrogens is 1. The molecule has 2 aromatic carbocycles. The van der Waals surface area contributed by atoms with Crippen LogP contribution in [0.15, 0.2) is 71.9 Å². The van der Waals surface area contributed by atoms with E-state index in [4.69, 9.17) is 0 Å². The maximum Gasteiger partial charge on any atom is 0.243 e. The molecule has 4 rings (SSSR count). The van der Waals surface area contributed by atoms with Gasteiger partial charge in [-0.3, -0.25) is 4.98 Å². The van der Waals surface area contributed by atoms with Crippen LogP contribution in [0.1, 0.15) is 30.4 Å². The normalized spacial score (nSPS) is 15.4. The van der Waals surface area contributed by atoms with Crippen LogP contribution in [0.5, 0.6) is 0 Å². The van der Waals surface area contributed by atoms with E-state index in [-0.39, 0.29) is 0 Å². The van der Waals surface area contributed by atoms with Crippen LogP contribution >= 0.6 is 0 Å². The van der Waals surface area contributed by atoms with Gasteiger partial charge in [0.15, 0.2) is 0 Å². The third-order valence-electron chi connectivity index (χ3n) is 6.66. The molecule has 0 amide bonds. The van der Waals surface area contributed by atoms with Crippen LogP contribution in [-0.4, -0.2) is 68.4 Å². The second-order valence-electron chi connectivity index (χ2n) is 9.12. The van der Waals surface area contributed by atoms with E-state index in [9.17, 15) is 8.42 Å². The number of hydrogen-bond acceptors (Lipinski definition) is 5. The predicted octanol–water partition coefficient (Wildman–Crippen LogP) is 4.32. The van der Waals surface area contributed by atoms with Crippen molar-refractivity contribution < 1.29 is 8.42 Å². The molecule has 1 fully saturated rings. The molecule has 0 saturated carbocycles. The van der Waals surface area contributed by atoms with Crippen LogP contribution in [0.4, 0.5) is 0 Å². The lowest BCUT2D eigenvalue weighted by Crippen LogP contribution is -2.43. The summed E-state index contributed by atoms with van der Waals surface area (Å²) in [5, 5.41) is 4.95. The Labute approximate surface area is 209 Å². The quantitative estimate of drug-likeness (QED) is 0.404. The Morgan fingerprint density at radius 3 is 2.69 bits per heavy atom. The van der Waals surface area contributed by atoms with Crippen molar-refractivity contribution in [3.8, 4) is 0 Å². The molecule has 186 valence electrons. The monoisotopic (exact) mass is 492 g/mol. The van der Waals surface area contributed by atoms with E-state index in [2.05, 4.69) is 46.4 Å². The molecular weight excluding hydrogens is 456 g/mol. The summed E-state index contributed by atoms with van der Waals surface area (Å²) in [6.45, 7) is 7.16. The predicted molar refractivity (Wildman–Crippen MR) is 144 cm³/mol. The van der Waals surface area contributed by atoms with Gasteiger partial charge < -0.3 is 10.2 Å². The Hall–Kier alpha value is -2.58. The van der Waals surface area contributed by atoms with Crippen molar-refractivity contribution in [2.45, 2.75) is 31.1 Å².